The maximum Gasteiger partial charge on any atom is 0.261 e. The van der Waals surface area contributed by atoms with E-state index >= 15 is 0 Å². The summed E-state index contributed by atoms with van der Waals surface area (Å²) in [5.41, 5.74) is 4.38. The highest BCUT2D eigenvalue weighted by atomic mass is 16.5. The number of aromatic nitrogens is 2. The number of aliphatic hydroxyl groups excluding tert-OH is 2. The van der Waals surface area contributed by atoms with Crippen molar-refractivity contribution in [3.63, 3.8) is 0 Å². The van der Waals surface area contributed by atoms with Crippen LogP contribution in [0.4, 0.5) is 0 Å². The normalized spacial score (nSPS) is 18.6. The topological polar surface area (TPSA) is 114 Å². The summed E-state index contributed by atoms with van der Waals surface area (Å²) in [6.07, 6.45) is 1.95. The third-order valence-electron chi connectivity index (χ3n) is 6.86. The third kappa shape index (κ3) is 5.15. The van der Waals surface area contributed by atoms with Crippen molar-refractivity contribution < 1.29 is 19.7 Å². The van der Waals surface area contributed by atoms with Crippen LogP contribution in [0.3, 0.4) is 0 Å². The Labute approximate surface area is 204 Å². The fourth-order valence-electron chi connectivity index (χ4n) is 4.48. The second-order valence-corrected chi connectivity index (χ2v) is 10.0. The maximum absolute atomic E-state index is 13.4. The Bertz CT molecular complexity index is 1300. The number of aryl methyl sites for hydroxylation is 1. The highest BCUT2D eigenvalue weighted by Gasteiger charge is 2.27. The first-order valence-electron chi connectivity index (χ1n) is 11.9. The number of carbonyl (C=O) groups is 1. The Morgan fingerprint density at radius 2 is 1.94 bits per heavy atom. The van der Waals surface area contributed by atoms with Crippen LogP contribution in [0.25, 0.3) is 10.9 Å². The van der Waals surface area contributed by atoms with Gasteiger partial charge in [-0.05, 0) is 81.0 Å². The van der Waals surface area contributed by atoms with Crippen LogP contribution in [0.2, 0.25) is 0 Å². The molecule has 8 heteroatoms. The number of fused-ring (bicyclic) bond motifs is 1. The van der Waals surface area contributed by atoms with E-state index < -0.39 is 11.6 Å². The molecule has 1 aromatic heterocycles. The largest absolute Gasteiger partial charge is 0.394 e. The number of nitrogens with zero attached hydrogens (tertiary/aromatic N) is 2. The number of nitrogens with one attached hydrogen (secondary N) is 1. The molecule has 2 aromatic carbocycles. The molecule has 2 atom stereocenters. The number of carbonyl (C=O) groups excluding carboxylic acids is 1. The summed E-state index contributed by atoms with van der Waals surface area (Å²) in [4.78, 5) is 30.4. The number of ether oxygens (including phenoxy) is 1. The molecule has 1 saturated heterocycles. The van der Waals surface area contributed by atoms with Gasteiger partial charge in [-0.1, -0.05) is 12.1 Å². The first-order chi connectivity index (χ1) is 16.6. The highest BCUT2D eigenvalue weighted by Crippen LogP contribution is 2.26. The maximum atomic E-state index is 13.4. The van der Waals surface area contributed by atoms with Gasteiger partial charge >= 0.3 is 0 Å². The summed E-state index contributed by atoms with van der Waals surface area (Å²) >= 11 is 0. The first-order valence-corrected chi connectivity index (χ1v) is 11.9. The molecule has 1 fully saturated rings. The SMILES string of the molecule is Cc1c(Cc2ccc(C(=O)NC(C)(C)CO)cc2)cc2c(=O)n([C@H]3CCOC[C@@H]3O)cnc2c1C. The smallest absolute Gasteiger partial charge is 0.261 e. The van der Waals surface area contributed by atoms with Gasteiger partial charge in [-0.15, -0.1) is 0 Å². The van der Waals surface area contributed by atoms with Gasteiger partial charge in [-0.25, -0.2) is 4.98 Å². The van der Waals surface area contributed by atoms with Crippen molar-refractivity contribution in [3.8, 4) is 0 Å². The molecule has 0 saturated carbocycles. The molecule has 3 N–H and O–H groups in total. The number of hydrogen-bond donors (Lipinski definition) is 3. The van der Waals surface area contributed by atoms with Crippen LogP contribution in [0, 0.1) is 13.8 Å². The number of rotatable bonds is 6. The molecule has 2 heterocycles. The molecule has 1 aliphatic rings. The Kier molecular flexibility index (Phi) is 7.07. The third-order valence-corrected chi connectivity index (χ3v) is 6.86. The van der Waals surface area contributed by atoms with Gasteiger partial charge in [0.05, 0.1) is 48.1 Å². The molecule has 3 aromatic rings. The van der Waals surface area contributed by atoms with Crippen molar-refractivity contribution in [2.75, 3.05) is 19.8 Å². The summed E-state index contributed by atoms with van der Waals surface area (Å²) in [6.45, 7) is 8.07. The van der Waals surface area contributed by atoms with Crippen LogP contribution in [-0.2, 0) is 11.2 Å². The van der Waals surface area contributed by atoms with E-state index in [9.17, 15) is 19.8 Å². The number of aliphatic hydroxyl groups is 2. The van der Waals surface area contributed by atoms with E-state index in [0.29, 0.717) is 35.9 Å². The van der Waals surface area contributed by atoms with Crippen molar-refractivity contribution in [2.45, 2.75) is 58.2 Å². The van der Waals surface area contributed by atoms with Crippen LogP contribution in [0.1, 0.15) is 58.9 Å². The van der Waals surface area contributed by atoms with Crippen molar-refractivity contribution in [3.05, 3.63) is 74.8 Å². The summed E-state index contributed by atoms with van der Waals surface area (Å²) in [5, 5.41) is 23.1. The lowest BCUT2D eigenvalue weighted by molar-refractivity contribution is -0.0395. The Morgan fingerprint density at radius 3 is 2.60 bits per heavy atom. The van der Waals surface area contributed by atoms with Crippen LogP contribution in [0.15, 0.2) is 41.5 Å². The lowest BCUT2D eigenvalue weighted by Gasteiger charge is -2.29. The quantitative estimate of drug-likeness (QED) is 0.500. The van der Waals surface area contributed by atoms with Crippen LogP contribution < -0.4 is 10.9 Å². The molecular weight excluding hydrogens is 446 g/mol. The van der Waals surface area contributed by atoms with Gasteiger partial charge < -0.3 is 20.3 Å². The van der Waals surface area contributed by atoms with E-state index in [1.165, 1.54) is 10.9 Å². The average molecular weight is 480 g/mol. The minimum absolute atomic E-state index is 0.151. The molecule has 0 aliphatic carbocycles. The van der Waals surface area contributed by atoms with Crippen LogP contribution in [0.5, 0.6) is 0 Å². The molecule has 0 spiro atoms. The lowest BCUT2D eigenvalue weighted by atomic mass is 9.94. The average Bonchev–Trinajstić information content (AvgIpc) is 2.84. The van der Waals surface area contributed by atoms with E-state index in [1.54, 1.807) is 26.0 Å². The molecule has 0 radical (unpaired) electrons. The summed E-state index contributed by atoms with van der Waals surface area (Å²) < 4.78 is 6.85. The second kappa shape index (κ2) is 9.89. The van der Waals surface area contributed by atoms with Gasteiger partial charge in [0.1, 0.15) is 0 Å². The Morgan fingerprint density at radius 1 is 1.23 bits per heavy atom. The monoisotopic (exact) mass is 479 g/mol. The van der Waals surface area contributed by atoms with Crippen LogP contribution in [-0.4, -0.2) is 57.1 Å². The van der Waals surface area contributed by atoms with Gasteiger partial charge in [-0.3, -0.25) is 14.2 Å². The minimum atomic E-state index is -0.745. The van der Waals surface area contributed by atoms with Gasteiger partial charge in [-0.2, -0.15) is 0 Å². The van der Waals surface area contributed by atoms with E-state index in [1.807, 2.05) is 32.0 Å². The number of amides is 1. The predicted octanol–water partition coefficient (Wildman–Crippen LogP) is 2.43. The molecule has 1 aliphatic heterocycles. The fraction of sp³-hybridized carbons (Fsp3) is 0.444. The second-order valence-electron chi connectivity index (χ2n) is 10.0. The zero-order valence-electron chi connectivity index (χ0n) is 20.7. The number of hydrogen-bond acceptors (Lipinski definition) is 6. The molecule has 0 unspecified atom stereocenters. The zero-order valence-corrected chi connectivity index (χ0v) is 20.7. The molecule has 186 valence electrons. The molecule has 35 heavy (non-hydrogen) atoms. The minimum Gasteiger partial charge on any atom is -0.394 e. The summed E-state index contributed by atoms with van der Waals surface area (Å²) in [7, 11) is 0. The molecule has 0 bridgehead atoms. The molecular formula is C27H33N3O5. The van der Waals surface area contributed by atoms with E-state index in [2.05, 4.69) is 10.3 Å². The molecule has 1 amide bonds. The summed E-state index contributed by atoms with van der Waals surface area (Å²) in [5.74, 6) is -0.241. The number of benzene rings is 2. The Hall–Kier alpha value is -3.07. The van der Waals surface area contributed by atoms with E-state index in [4.69, 9.17) is 4.74 Å². The Balaban J connectivity index is 1.64. The van der Waals surface area contributed by atoms with Crippen molar-refractivity contribution in [1.29, 1.82) is 0 Å². The van der Waals surface area contributed by atoms with Crippen molar-refractivity contribution in [2.24, 2.45) is 0 Å². The van der Waals surface area contributed by atoms with Crippen molar-refractivity contribution >= 4 is 16.8 Å². The van der Waals surface area contributed by atoms with Crippen molar-refractivity contribution in [1.82, 2.24) is 14.9 Å². The highest BCUT2D eigenvalue weighted by molar-refractivity contribution is 5.94. The van der Waals surface area contributed by atoms with Gasteiger partial charge in [0.25, 0.3) is 11.5 Å². The molecule has 4 rings (SSSR count). The lowest BCUT2D eigenvalue weighted by Crippen LogP contribution is -2.46. The zero-order chi connectivity index (χ0) is 25.3. The van der Waals surface area contributed by atoms with E-state index in [-0.39, 0.29) is 30.7 Å². The summed E-state index contributed by atoms with van der Waals surface area (Å²) in [6, 6.07) is 8.89. The predicted molar refractivity (Wildman–Crippen MR) is 134 cm³/mol. The van der Waals surface area contributed by atoms with Gasteiger partial charge in [0, 0.05) is 12.2 Å². The van der Waals surface area contributed by atoms with Gasteiger partial charge in [0.15, 0.2) is 0 Å². The molecule has 8 nitrogen and oxygen atoms in total. The fourth-order valence-corrected chi connectivity index (χ4v) is 4.48. The van der Waals surface area contributed by atoms with E-state index in [0.717, 1.165) is 22.3 Å². The van der Waals surface area contributed by atoms with Gasteiger partial charge in [0.2, 0.25) is 0 Å². The van der Waals surface area contributed by atoms with Crippen LogP contribution >= 0.6 is 0 Å². The standard InChI is InChI=1S/C27H33N3O5/c1-16-17(2)24-21(26(34)30(15-28-24)22-9-10-35-13-23(22)32)12-20(16)11-18-5-7-19(8-6-18)25(33)29-27(3,4)14-31/h5-8,12,15,22-23,31-32H,9-11,13-14H2,1-4H3,(H,29,33)/t22-,23-/m0/s1. The first kappa shape index (κ1) is 25.0.